The van der Waals surface area contributed by atoms with E-state index in [9.17, 15) is 9.90 Å². The van der Waals surface area contributed by atoms with Gasteiger partial charge in [0.05, 0.1) is 12.0 Å². The molecule has 0 aromatic carbocycles. The predicted molar refractivity (Wildman–Crippen MR) is 65.3 cm³/mol. The molecular weight excluding hydrogens is 228 g/mol. The number of aromatic amines is 1. The molecule has 4 saturated carbocycles. The van der Waals surface area contributed by atoms with E-state index in [1.54, 1.807) is 6.33 Å². The van der Waals surface area contributed by atoms with Crippen LogP contribution in [-0.2, 0) is 0 Å². The summed E-state index contributed by atoms with van der Waals surface area (Å²) in [6.07, 6.45) is 8.18. The third-order valence-corrected chi connectivity index (χ3v) is 5.43. The van der Waals surface area contributed by atoms with Crippen molar-refractivity contribution in [3.8, 4) is 0 Å². The molecule has 18 heavy (non-hydrogen) atoms. The molecule has 4 aliphatic rings. The number of nitrogens with zero attached hydrogens (tertiary/aromatic N) is 1. The van der Waals surface area contributed by atoms with E-state index in [0.29, 0.717) is 17.8 Å². The Bertz CT molecular complexity index is 466. The first-order valence-electron chi connectivity index (χ1n) is 6.99. The molecule has 0 saturated heterocycles. The first kappa shape index (κ1) is 10.6. The Morgan fingerprint density at radius 2 is 1.78 bits per heavy atom. The molecule has 1 aromatic heterocycles. The lowest BCUT2D eigenvalue weighted by Crippen LogP contribution is -2.44. The fourth-order valence-electron chi connectivity index (χ4n) is 5.13. The van der Waals surface area contributed by atoms with Crippen molar-refractivity contribution in [2.24, 2.45) is 23.7 Å². The second-order valence-corrected chi connectivity index (χ2v) is 6.43. The zero-order valence-corrected chi connectivity index (χ0v) is 10.3. The molecule has 4 fully saturated rings. The van der Waals surface area contributed by atoms with Crippen LogP contribution in [-0.4, -0.2) is 21.0 Å². The predicted octanol–water partition coefficient (Wildman–Crippen LogP) is 2.65. The van der Waals surface area contributed by atoms with Crippen molar-refractivity contribution in [3.05, 3.63) is 17.7 Å². The van der Waals surface area contributed by atoms with E-state index >= 15 is 0 Å². The van der Waals surface area contributed by atoms with Crippen LogP contribution in [0.2, 0.25) is 0 Å². The summed E-state index contributed by atoms with van der Waals surface area (Å²) in [5.41, 5.74) is 1.16. The van der Waals surface area contributed by atoms with Gasteiger partial charge < -0.3 is 10.1 Å². The Morgan fingerprint density at radius 3 is 2.33 bits per heavy atom. The zero-order valence-electron chi connectivity index (χ0n) is 10.3. The number of H-pyrrole nitrogens is 1. The fraction of sp³-hybridized carbons (Fsp3) is 0.714. The molecule has 4 heteroatoms. The van der Waals surface area contributed by atoms with Gasteiger partial charge in [-0.3, -0.25) is 0 Å². The minimum absolute atomic E-state index is 0.257. The molecule has 4 bridgehead atoms. The highest BCUT2D eigenvalue weighted by Gasteiger charge is 2.49. The van der Waals surface area contributed by atoms with Gasteiger partial charge in [0.25, 0.3) is 0 Å². The van der Waals surface area contributed by atoms with Gasteiger partial charge in [0, 0.05) is 5.92 Å². The number of imidazole rings is 1. The second kappa shape index (κ2) is 3.59. The van der Waals surface area contributed by atoms with Crippen molar-refractivity contribution in [1.29, 1.82) is 0 Å². The van der Waals surface area contributed by atoms with Crippen LogP contribution < -0.4 is 0 Å². The van der Waals surface area contributed by atoms with E-state index < -0.39 is 5.97 Å². The maximum absolute atomic E-state index is 11.2. The summed E-state index contributed by atoms with van der Waals surface area (Å²) in [7, 11) is 0. The molecule has 2 N–H and O–H groups in total. The lowest BCUT2D eigenvalue weighted by molar-refractivity contribution is -0.00442. The summed E-state index contributed by atoms with van der Waals surface area (Å²) in [6.45, 7) is 0. The van der Waals surface area contributed by atoms with Crippen LogP contribution in [0.25, 0.3) is 0 Å². The standard InChI is InChI=1S/C14H18N2O2/c17-14(18)13-12(15-6-16-13)11-9-2-7-1-8(4-9)5-10(11)3-7/h6-11H,1-5H2,(H,15,16)(H,17,18). The highest BCUT2D eigenvalue weighted by atomic mass is 16.4. The van der Waals surface area contributed by atoms with Crippen molar-refractivity contribution in [1.82, 2.24) is 9.97 Å². The molecule has 1 heterocycles. The maximum Gasteiger partial charge on any atom is 0.356 e. The monoisotopic (exact) mass is 246 g/mol. The minimum Gasteiger partial charge on any atom is -0.476 e. The van der Waals surface area contributed by atoms with Crippen LogP contribution in [0, 0.1) is 23.7 Å². The van der Waals surface area contributed by atoms with Crippen LogP contribution in [0.4, 0.5) is 0 Å². The van der Waals surface area contributed by atoms with Gasteiger partial charge >= 0.3 is 5.97 Å². The van der Waals surface area contributed by atoms with Gasteiger partial charge in [0.1, 0.15) is 0 Å². The molecule has 5 rings (SSSR count). The number of carboxylic acids is 1. The topological polar surface area (TPSA) is 66.0 Å². The van der Waals surface area contributed by atoms with Gasteiger partial charge in [0.15, 0.2) is 5.69 Å². The molecule has 4 nitrogen and oxygen atoms in total. The Balaban J connectivity index is 1.72. The van der Waals surface area contributed by atoms with Gasteiger partial charge in [-0.15, -0.1) is 0 Å². The van der Waals surface area contributed by atoms with Crippen molar-refractivity contribution < 1.29 is 9.90 Å². The van der Waals surface area contributed by atoms with Crippen LogP contribution in [0.15, 0.2) is 6.33 Å². The van der Waals surface area contributed by atoms with Gasteiger partial charge in [-0.25, -0.2) is 9.78 Å². The van der Waals surface area contributed by atoms with Crippen molar-refractivity contribution in [3.63, 3.8) is 0 Å². The van der Waals surface area contributed by atoms with E-state index in [2.05, 4.69) is 9.97 Å². The van der Waals surface area contributed by atoms with Gasteiger partial charge in [-0.2, -0.15) is 0 Å². The van der Waals surface area contributed by atoms with Crippen LogP contribution in [0.1, 0.15) is 54.2 Å². The summed E-state index contributed by atoms with van der Waals surface area (Å²) in [4.78, 5) is 18.4. The lowest BCUT2D eigenvalue weighted by atomic mass is 9.51. The number of aromatic nitrogens is 2. The number of hydrogen-bond acceptors (Lipinski definition) is 2. The molecule has 0 unspecified atom stereocenters. The highest BCUT2D eigenvalue weighted by Crippen LogP contribution is 2.59. The van der Waals surface area contributed by atoms with Gasteiger partial charge in [-0.1, -0.05) is 0 Å². The fourth-order valence-corrected chi connectivity index (χ4v) is 5.13. The summed E-state index contributed by atoms with van der Waals surface area (Å²) in [5.74, 6) is 2.76. The molecule has 0 aliphatic heterocycles. The zero-order chi connectivity index (χ0) is 12.3. The van der Waals surface area contributed by atoms with E-state index in [1.165, 1.54) is 32.1 Å². The first-order chi connectivity index (χ1) is 8.72. The average molecular weight is 246 g/mol. The maximum atomic E-state index is 11.2. The van der Waals surface area contributed by atoms with E-state index in [1.807, 2.05) is 0 Å². The SMILES string of the molecule is O=C(O)c1nc[nH]c1C1C2CC3CC(C2)CC1C3. The third-order valence-electron chi connectivity index (χ3n) is 5.43. The van der Waals surface area contributed by atoms with Gasteiger partial charge in [-0.05, 0) is 55.8 Å². The number of rotatable bonds is 2. The van der Waals surface area contributed by atoms with Crippen molar-refractivity contribution >= 4 is 5.97 Å². The number of carbonyl (C=O) groups is 1. The first-order valence-corrected chi connectivity index (χ1v) is 6.99. The third kappa shape index (κ3) is 1.38. The summed E-state index contributed by atoms with van der Waals surface area (Å²) in [6, 6.07) is 0. The largest absolute Gasteiger partial charge is 0.476 e. The van der Waals surface area contributed by atoms with Gasteiger partial charge in [0.2, 0.25) is 0 Å². The van der Waals surface area contributed by atoms with Crippen molar-refractivity contribution in [2.45, 2.75) is 38.0 Å². The number of hydrogen-bond donors (Lipinski definition) is 2. The Hall–Kier alpha value is -1.32. The molecule has 0 spiro atoms. The summed E-state index contributed by atoms with van der Waals surface area (Å²) in [5, 5.41) is 9.23. The Morgan fingerprint density at radius 1 is 1.17 bits per heavy atom. The Kier molecular flexibility index (Phi) is 2.11. The number of aromatic carboxylic acids is 1. The van der Waals surface area contributed by atoms with Crippen molar-refractivity contribution in [2.75, 3.05) is 0 Å². The van der Waals surface area contributed by atoms with Crippen LogP contribution in [0.3, 0.4) is 0 Å². The molecule has 96 valence electrons. The molecule has 1 aromatic rings. The lowest BCUT2D eigenvalue weighted by Gasteiger charge is -2.54. The number of nitrogens with one attached hydrogen (secondary N) is 1. The van der Waals surface area contributed by atoms with Crippen LogP contribution in [0.5, 0.6) is 0 Å². The minimum atomic E-state index is -0.889. The quantitative estimate of drug-likeness (QED) is 0.843. The van der Waals surface area contributed by atoms with E-state index in [4.69, 9.17) is 0 Å². The molecule has 0 amide bonds. The summed E-state index contributed by atoms with van der Waals surface area (Å²) >= 11 is 0. The second-order valence-electron chi connectivity index (χ2n) is 6.43. The summed E-state index contributed by atoms with van der Waals surface area (Å²) < 4.78 is 0. The highest BCUT2D eigenvalue weighted by molar-refractivity contribution is 5.86. The smallest absolute Gasteiger partial charge is 0.356 e. The molecule has 0 atom stereocenters. The molecule has 4 aliphatic carbocycles. The van der Waals surface area contributed by atoms with E-state index in [0.717, 1.165) is 17.5 Å². The number of carboxylic acid groups (broad SMARTS) is 1. The molecule has 0 radical (unpaired) electrons. The average Bonchev–Trinajstić information content (AvgIpc) is 2.76. The normalized spacial score (nSPS) is 41.2. The Labute approximate surface area is 106 Å². The van der Waals surface area contributed by atoms with E-state index in [-0.39, 0.29) is 5.69 Å². The molecular formula is C14H18N2O2. The van der Waals surface area contributed by atoms with Crippen LogP contribution >= 0.6 is 0 Å².